The lowest BCUT2D eigenvalue weighted by atomic mass is 10.0. The summed E-state index contributed by atoms with van der Waals surface area (Å²) in [7, 11) is 0. The molecule has 2 N–H and O–H groups in total. The van der Waals surface area contributed by atoms with Gasteiger partial charge in [0, 0.05) is 17.6 Å². The molecule has 1 aromatic carbocycles. The molecule has 0 saturated carbocycles. The normalized spacial score (nSPS) is 10.3. The summed E-state index contributed by atoms with van der Waals surface area (Å²) in [5, 5.41) is 9.59. The third-order valence-electron chi connectivity index (χ3n) is 2.60. The van der Waals surface area contributed by atoms with Crippen LogP contribution in [-0.4, -0.2) is 16.1 Å². The number of rotatable bonds is 3. The van der Waals surface area contributed by atoms with Crippen LogP contribution in [0.2, 0.25) is 5.02 Å². The number of H-pyrrole nitrogens is 1. The Bertz CT molecular complexity index is 649. The second-order valence-electron chi connectivity index (χ2n) is 3.78. The fraction of sp³-hybridized carbons (Fsp3) is 0.0769. The smallest absolute Gasteiger partial charge is 0.341 e. The van der Waals surface area contributed by atoms with E-state index in [1.807, 2.05) is 6.07 Å². The molecule has 0 unspecified atom stereocenters. The zero-order valence-electron chi connectivity index (χ0n) is 9.31. The average molecular weight is 264 g/mol. The highest BCUT2D eigenvalue weighted by Crippen LogP contribution is 2.19. The molecule has 0 aliphatic heterocycles. The van der Waals surface area contributed by atoms with Crippen LogP contribution in [0.1, 0.15) is 21.5 Å². The molecule has 2 rings (SSSR count). The van der Waals surface area contributed by atoms with E-state index in [2.05, 4.69) is 4.98 Å². The summed E-state index contributed by atoms with van der Waals surface area (Å²) >= 11 is 6.01. The number of nitrogens with one attached hydrogen (secondary N) is 1. The zero-order chi connectivity index (χ0) is 13.1. The Morgan fingerprint density at radius 3 is 2.61 bits per heavy atom. The SMILES string of the molecule is O=C(O)c1c(Cc2ccccc2Cl)cc[nH]c1=O. The zero-order valence-corrected chi connectivity index (χ0v) is 10.1. The highest BCUT2D eigenvalue weighted by Gasteiger charge is 2.15. The van der Waals surface area contributed by atoms with Crippen molar-refractivity contribution >= 4 is 17.6 Å². The second kappa shape index (κ2) is 5.06. The van der Waals surface area contributed by atoms with E-state index in [1.54, 1.807) is 24.3 Å². The predicted octanol–water partition coefficient (Wildman–Crippen LogP) is 2.32. The topological polar surface area (TPSA) is 70.2 Å². The fourth-order valence-electron chi connectivity index (χ4n) is 1.75. The highest BCUT2D eigenvalue weighted by molar-refractivity contribution is 6.31. The van der Waals surface area contributed by atoms with Gasteiger partial charge in [-0.2, -0.15) is 0 Å². The summed E-state index contributed by atoms with van der Waals surface area (Å²) in [5.41, 5.74) is 0.385. The molecule has 0 saturated heterocycles. The lowest BCUT2D eigenvalue weighted by molar-refractivity contribution is 0.0694. The molecule has 1 heterocycles. The van der Waals surface area contributed by atoms with Gasteiger partial charge in [0.15, 0.2) is 0 Å². The predicted molar refractivity (Wildman–Crippen MR) is 68.3 cm³/mol. The van der Waals surface area contributed by atoms with Crippen LogP contribution >= 0.6 is 11.6 Å². The van der Waals surface area contributed by atoms with E-state index in [1.165, 1.54) is 6.20 Å². The van der Waals surface area contributed by atoms with Crippen molar-refractivity contribution in [2.24, 2.45) is 0 Å². The third-order valence-corrected chi connectivity index (χ3v) is 2.97. The van der Waals surface area contributed by atoms with Crippen molar-refractivity contribution in [1.29, 1.82) is 0 Å². The number of hydrogen-bond acceptors (Lipinski definition) is 2. The number of carbonyl (C=O) groups is 1. The number of benzene rings is 1. The van der Waals surface area contributed by atoms with Gasteiger partial charge in [-0.1, -0.05) is 29.8 Å². The maximum atomic E-state index is 11.5. The minimum Gasteiger partial charge on any atom is -0.477 e. The maximum Gasteiger partial charge on any atom is 0.341 e. The highest BCUT2D eigenvalue weighted by atomic mass is 35.5. The van der Waals surface area contributed by atoms with Crippen molar-refractivity contribution in [3.8, 4) is 0 Å². The molecule has 0 atom stereocenters. The van der Waals surface area contributed by atoms with Gasteiger partial charge in [0.05, 0.1) is 0 Å². The Morgan fingerprint density at radius 2 is 1.94 bits per heavy atom. The number of aromatic nitrogens is 1. The minimum absolute atomic E-state index is 0.239. The maximum absolute atomic E-state index is 11.5. The molecule has 0 fully saturated rings. The first-order valence-corrected chi connectivity index (χ1v) is 5.64. The lowest BCUT2D eigenvalue weighted by Crippen LogP contribution is -2.20. The van der Waals surface area contributed by atoms with Crippen LogP contribution in [-0.2, 0) is 6.42 Å². The van der Waals surface area contributed by atoms with Crippen molar-refractivity contribution in [2.75, 3.05) is 0 Å². The standard InChI is InChI=1S/C13H10ClNO3/c14-10-4-2-1-3-8(10)7-9-5-6-15-12(16)11(9)13(17)18/h1-6H,7H2,(H,15,16)(H,17,18). The Balaban J connectivity index is 2.48. The second-order valence-corrected chi connectivity index (χ2v) is 4.19. The van der Waals surface area contributed by atoms with E-state index in [0.29, 0.717) is 17.0 Å². The summed E-state index contributed by atoms with van der Waals surface area (Å²) < 4.78 is 0. The molecule has 4 nitrogen and oxygen atoms in total. The Labute approximate surface area is 108 Å². The molecule has 1 aromatic heterocycles. The van der Waals surface area contributed by atoms with Gasteiger partial charge in [0.25, 0.3) is 5.56 Å². The van der Waals surface area contributed by atoms with Crippen molar-refractivity contribution in [1.82, 2.24) is 4.98 Å². The van der Waals surface area contributed by atoms with Gasteiger partial charge in [-0.05, 0) is 23.3 Å². The average Bonchev–Trinajstić information content (AvgIpc) is 2.31. The van der Waals surface area contributed by atoms with Crippen LogP contribution in [0.4, 0.5) is 0 Å². The first-order valence-electron chi connectivity index (χ1n) is 5.27. The van der Waals surface area contributed by atoms with Gasteiger partial charge in [0.2, 0.25) is 0 Å². The first-order chi connectivity index (χ1) is 8.59. The van der Waals surface area contributed by atoms with Crippen LogP contribution in [0.15, 0.2) is 41.3 Å². The molecule has 0 spiro atoms. The van der Waals surface area contributed by atoms with E-state index in [-0.39, 0.29) is 5.56 Å². The third kappa shape index (κ3) is 2.43. The van der Waals surface area contributed by atoms with Gasteiger partial charge in [-0.25, -0.2) is 4.79 Å². The van der Waals surface area contributed by atoms with E-state index < -0.39 is 11.5 Å². The molecular formula is C13H10ClNO3. The fourth-order valence-corrected chi connectivity index (χ4v) is 1.95. The van der Waals surface area contributed by atoms with E-state index >= 15 is 0 Å². The molecule has 0 radical (unpaired) electrons. The first kappa shape index (κ1) is 12.4. The molecule has 0 aliphatic carbocycles. The molecular weight excluding hydrogens is 254 g/mol. The van der Waals surface area contributed by atoms with Crippen molar-refractivity contribution in [3.05, 3.63) is 68.6 Å². The number of carboxylic acid groups (broad SMARTS) is 1. The Kier molecular flexibility index (Phi) is 3.48. The monoisotopic (exact) mass is 263 g/mol. The number of hydrogen-bond donors (Lipinski definition) is 2. The molecule has 0 aliphatic rings. The van der Waals surface area contributed by atoms with Gasteiger partial charge in [-0.15, -0.1) is 0 Å². The van der Waals surface area contributed by atoms with Crippen LogP contribution in [0.25, 0.3) is 0 Å². The largest absolute Gasteiger partial charge is 0.477 e. The lowest BCUT2D eigenvalue weighted by Gasteiger charge is -2.06. The summed E-state index contributed by atoms with van der Waals surface area (Å²) in [5.74, 6) is -1.24. The Morgan fingerprint density at radius 1 is 1.22 bits per heavy atom. The summed E-state index contributed by atoms with van der Waals surface area (Å²) in [6.07, 6.45) is 1.74. The van der Waals surface area contributed by atoms with Gasteiger partial charge < -0.3 is 10.1 Å². The van der Waals surface area contributed by atoms with Crippen molar-refractivity contribution in [3.63, 3.8) is 0 Å². The summed E-state index contributed by atoms with van der Waals surface area (Å²) in [6.45, 7) is 0. The van der Waals surface area contributed by atoms with Crippen molar-refractivity contribution < 1.29 is 9.90 Å². The van der Waals surface area contributed by atoms with Crippen LogP contribution in [0.3, 0.4) is 0 Å². The number of aromatic amines is 1. The van der Waals surface area contributed by atoms with E-state index in [9.17, 15) is 9.59 Å². The van der Waals surface area contributed by atoms with Crippen LogP contribution < -0.4 is 5.56 Å². The summed E-state index contributed by atoms with van der Waals surface area (Å²) in [6, 6.07) is 8.71. The van der Waals surface area contributed by atoms with Gasteiger partial charge in [-0.3, -0.25) is 4.79 Å². The minimum atomic E-state index is -1.24. The molecule has 92 valence electrons. The number of aromatic carboxylic acids is 1. The van der Waals surface area contributed by atoms with Crippen LogP contribution in [0, 0.1) is 0 Å². The van der Waals surface area contributed by atoms with Gasteiger partial charge >= 0.3 is 5.97 Å². The molecule has 5 heteroatoms. The quantitative estimate of drug-likeness (QED) is 0.893. The van der Waals surface area contributed by atoms with E-state index in [4.69, 9.17) is 16.7 Å². The number of halogens is 1. The Hall–Kier alpha value is -2.07. The summed E-state index contributed by atoms with van der Waals surface area (Å²) in [4.78, 5) is 24.9. The molecule has 18 heavy (non-hydrogen) atoms. The number of pyridine rings is 1. The van der Waals surface area contributed by atoms with E-state index in [0.717, 1.165) is 5.56 Å². The number of carboxylic acids is 1. The van der Waals surface area contributed by atoms with Crippen LogP contribution in [0.5, 0.6) is 0 Å². The van der Waals surface area contributed by atoms with Gasteiger partial charge in [0.1, 0.15) is 5.56 Å². The van der Waals surface area contributed by atoms with Crippen molar-refractivity contribution in [2.45, 2.75) is 6.42 Å². The molecule has 2 aromatic rings. The molecule has 0 amide bonds. The molecule has 0 bridgehead atoms.